The first-order valence-corrected chi connectivity index (χ1v) is 11.0. The number of nitrogens with zero attached hydrogens (tertiary/aromatic N) is 3. The van der Waals surface area contributed by atoms with Crippen molar-refractivity contribution < 1.29 is 13.2 Å². The Bertz CT molecular complexity index is 944. The molecule has 0 aliphatic heterocycles. The molecule has 0 saturated carbocycles. The van der Waals surface area contributed by atoms with Crippen molar-refractivity contribution in [3.8, 4) is 0 Å². The van der Waals surface area contributed by atoms with Gasteiger partial charge in [-0.05, 0) is 43.2 Å². The molecule has 0 bridgehead atoms. The van der Waals surface area contributed by atoms with Crippen LogP contribution in [0.15, 0.2) is 47.5 Å². The number of carbonyl (C=O) groups excluding carboxylic acids is 1. The molecule has 2 rings (SSSR count). The first-order valence-electron chi connectivity index (χ1n) is 9.53. The molecule has 1 N–H and O–H groups in total. The number of benzene rings is 1. The average molecular weight is 419 g/mol. The smallest absolute Gasteiger partial charge is 0.254 e. The Hall–Kier alpha value is -2.45. The van der Waals surface area contributed by atoms with Gasteiger partial charge in [-0.3, -0.25) is 9.78 Å². The maximum atomic E-state index is 13.2. The molecule has 1 heterocycles. The van der Waals surface area contributed by atoms with E-state index in [1.54, 1.807) is 30.3 Å². The van der Waals surface area contributed by atoms with E-state index in [1.165, 1.54) is 20.2 Å². The summed E-state index contributed by atoms with van der Waals surface area (Å²) < 4.78 is 26.5. The minimum Gasteiger partial charge on any atom is -0.385 e. The van der Waals surface area contributed by atoms with Crippen LogP contribution in [0, 0.1) is 5.92 Å². The lowest BCUT2D eigenvalue weighted by Crippen LogP contribution is -2.30. The Balaban J connectivity index is 2.43. The van der Waals surface area contributed by atoms with Gasteiger partial charge in [0.05, 0.1) is 16.6 Å². The van der Waals surface area contributed by atoms with Crippen molar-refractivity contribution in [2.45, 2.75) is 31.7 Å². The normalized spacial score (nSPS) is 12.8. The third-order valence-electron chi connectivity index (χ3n) is 4.66. The Morgan fingerprint density at radius 1 is 1.10 bits per heavy atom. The summed E-state index contributed by atoms with van der Waals surface area (Å²) in [5.74, 6) is 0.0988. The molecule has 158 valence electrons. The first-order chi connectivity index (χ1) is 13.5. The molecular weight excluding hydrogens is 388 g/mol. The summed E-state index contributed by atoms with van der Waals surface area (Å²) in [6, 6.07) is 9.98. The van der Waals surface area contributed by atoms with Crippen LogP contribution in [-0.2, 0) is 10.0 Å². The van der Waals surface area contributed by atoms with Crippen molar-refractivity contribution in [1.29, 1.82) is 0 Å². The van der Waals surface area contributed by atoms with E-state index in [-0.39, 0.29) is 16.8 Å². The Morgan fingerprint density at radius 3 is 2.34 bits per heavy atom. The second-order valence-electron chi connectivity index (χ2n) is 7.65. The second kappa shape index (κ2) is 9.37. The van der Waals surface area contributed by atoms with Gasteiger partial charge in [-0.25, -0.2) is 12.7 Å². The molecule has 0 radical (unpaired) electrons. The minimum absolute atomic E-state index is 0.0819. The molecule has 1 aromatic carbocycles. The third kappa shape index (κ3) is 5.55. The van der Waals surface area contributed by atoms with E-state index < -0.39 is 10.0 Å². The summed E-state index contributed by atoms with van der Waals surface area (Å²) in [5, 5.41) is 3.22. The quantitative estimate of drug-likeness (QED) is 0.712. The van der Waals surface area contributed by atoms with Crippen molar-refractivity contribution in [3.63, 3.8) is 0 Å². The predicted molar refractivity (Wildman–Crippen MR) is 115 cm³/mol. The van der Waals surface area contributed by atoms with Gasteiger partial charge in [0, 0.05) is 45.1 Å². The maximum absolute atomic E-state index is 13.2. The fourth-order valence-electron chi connectivity index (χ4n) is 2.71. The standard InChI is InChI=1S/C21H30N4O3S/c1-15(2)14-23-18-11-17(12-19(13-18)29(27,28)24(4)5)21(26)25(6)16(3)20-9-7-8-10-22-20/h7-13,15-16,23H,14H2,1-6H3/t16-/m1/s1. The topological polar surface area (TPSA) is 82.6 Å². The number of nitrogens with one attached hydrogen (secondary N) is 1. The Morgan fingerprint density at radius 2 is 1.79 bits per heavy atom. The van der Waals surface area contributed by atoms with Gasteiger partial charge in [0.15, 0.2) is 0 Å². The number of carbonyl (C=O) groups is 1. The fraction of sp³-hybridized carbons (Fsp3) is 0.429. The molecule has 8 heteroatoms. The predicted octanol–water partition coefficient (Wildman–Crippen LogP) is 3.23. The molecule has 0 aliphatic carbocycles. The van der Waals surface area contributed by atoms with E-state index in [4.69, 9.17) is 0 Å². The highest BCUT2D eigenvalue weighted by atomic mass is 32.2. The monoisotopic (exact) mass is 418 g/mol. The highest BCUT2D eigenvalue weighted by Gasteiger charge is 2.24. The van der Waals surface area contributed by atoms with Gasteiger partial charge in [0.2, 0.25) is 10.0 Å². The summed E-state index contributed by atoms with van der Waals surface area (Å²) in [7, 11) is 0.954. The van der Waals surface area contributed by atoms with E-state index in [0.29, 0.717) is 23.7 Å². The number of amides is 1. The number of sulfonamides is 1. The highest BCUT2D eigenvalue weighted by Crippen LogP contribution is 2.25. The molecule has 1 atom stereocenters. The second-order valence-corrected chi connectivity index (χ2v) is 9.81. The zero-order chi connectivity index (χ0) is 21.8. The molecule has 29 heavy (non-hydrogen) atoms. The summed E-state index contributed by atoms with van der Waals surface area (Å²) in [6.07, 6.45) is 1.68. The van der Waals surface area contributed by atoms with Gasteiger partial charge in [0.1, 0.15) is 0 Å². The molecular formula is C21H30N4O3S. The van der Waals surface area contributed by atoms with Gasteiger partial charge in [-0.1, -0.05) is 19.9 Å². The third-order valence-corrected chi connectivity index (χ3v) is 6.46. The summed E-state index contributed by atoms with van der Waals surface area (Å²) in [6.45, 7) is 6.67. The van der Waals surface area contributed by atoms with Crippen molar-refractivity contribution in [2.75, 3.05) is 33.0 Å². The number of rotatable bonds is 8. The van der Waals surface area contributed by atoms with Gasteiger partial charge in [-0.15, -0.1) is 0 Å². The van der Waals surface area contributed by atoms with Gasteiger partial charge < -0.3 is 10.2 Å². The molecule has 0 fully saturated rings. The van der Waals surface area contributed by atoms with Crippen LogP contribution in [0.1, 0.15) is 42.9 Å². The SMILES string of the molecule is CC(C)CNc1cc(C(=O)N(C)[C@H](C)c2ccccn2)cc(S(=O)(=O)N(C)C)c1. The zero-order valence-corrected chi connectivity index (χ0v) is 18.7. The lowest BCUT2D eigenvalue weighted by Gasteiger charge is -2.25. The molecule has 0 unspecified atom stereocenters. The van der Waals surface area contributed by atoms with E-state index in [1.807, 2.05) is 25.1 Å². The van der Waals surface area contributed by atoms with Crippen molar-refractivity contribution >= 4 is 21.6 Å². The Labute approximate surface area is 173 Å². The summed E-state index contributed by atoms with van der Waals surface area (Å²) in [5.41, 5.74) is 1.67. The fourth-order valence-corrected chi connectivity index (χ4v) is 3.68. The maximum Gasteiger partial charge on any atom is 0.254 e. The number of hydrogen-bond donors (Lipinski definition) is 1. The van der Waals surface area contributed by atoms with Crippen LogP contribution in [-0.4, -0.2) is 56.2 Å². The average Bonchev–Trinajstić information content (AvgIpc) is 2.70. The number of pyridine rings is 1. The molecule has 0 spiro atoms. The van der Waals surface area contributed by atoms with Crippen LogP contribution in [0.2, 0.25) is 0 Å². The molecule has 0 saturated heterocycles. The number of anilines is 1. The lowest BCUT2D eigenvalue weighted by atomic mass is 10.1. The van der Waals surface area contributed by atoms with Crippen LogP contribution in [0.3, 0.4) is 0 Å². The van der Waals surface area contributed by atoms with E-state index >= 15 is 0 Å². The van der Waals surface area contributed by atoms with Gasteiger partial charge >= 0.3 is 0 Å². The van der Waals surface area contributed by atoms with E-state index in [2.05, 4.69) is 24.1 Å². The van der Waals surface area contributed by atoms with Crippen molar-refractivity contribution in [2.24, 2.45) is 5.92 Å². The van der Waals surface area contributed by atoms with Crippen LogP contribution >= 0.6 is 0 Å². The van der Waals surface area contributed by atoms with Crippen LogP contribution in [0.4, 0.5) is 5.69 Å². The lowest BCUT2D eigenvalue weighted by molar-refractivity contribution is 0.0739. The van der Waals surface area contributed by atoms with Crippen LogP contribution < -0.4 is 5.32 Å². The first kappa shape index (κ1) is 22.8. The zero-order valence-electron chi connectivity index (χ0n) is 17.9. The minimum atomic E-state index is -3.68. The highest BCUT2D eigenvalue weighted by molar-refractivity contribution is 7.89. The van der Waals surface area contributed by atoms with Crippen molar-refractivity contribution in [3.05, 3.63) is 53.9 Å². The molecule has 1 aromatic heterocycles. The summed E-state index contributed by atoms with van der Waals surface area (Å²) in [4.78, 5) is 19.1. The van der Waals surface area contributed by atoms with Crippen molar-refractivity contribution in [1.82, 2.24) is 14.2 Å². The number of hydrogen-bond acceptors (Lipinski definition) is 5. The largest absolute Gasteiger partial charge is 0.385 e. The molecule has 1 amide bonds. The van der Waals surface area contributed by atoms with Crippen LogP contribution in [0.5, 0.6) is 0 Å². The van der Waals surface area contributed by atoms with Crippen LogP contribution in [0.25, 0.3) is 0 Å². The Kier molecular flexibility index (Phi) is 7.37. The van der Waals surface area contributed by atoms with Gasteiger partial charge in [0.25, 0.3) is 5.91 Å². The van der Waals surface area contributed by atoms with E-state index in [9.17, 15) is 13.2 Å². The summed E-state index contributed by atoms with van der Waals surface area (Å²) >= 11 is 0. The molecule has 2 aromatic rings. The molecule has 7 nitrogen and oxygen atoms in total. The van der Waals surface area contributed by atoms with E-state index in [0.717, 1.165) is 10.00 Å². The molecule has 0 aliphatic rings. The number of aromatic nitrogens is 1. The van der Waals surface area contributed by atoms with Gasteiger partial charge in [-0.2, -0.15) is 0 Å².